The number of carboxylic acids is 1. The maximum atomic E-state index is 12.0. The van der Waals surface area contributed by atoms with E-state index >= 15 is 0 Å². The summed E-state index contributed by atoms with van der Waals surface area (Å²) in [6.45, 7) is 0. The van der Waals surface area contributed by atoms with Crippen LogP contribution in [0.2, 0.25) is 0 Å². The van der Waals surface area contributed by atoms with Gasteiger partial charge in [-0.15, -0.1) is 11.3 Å². The molecule has 0 saturated heterocycles. The van der Waals surface area contributed by atoms with E-state index in [-0.39, 0.29) is 16.7 Å². The molecule has 0 aromatic carbocycles. The lowest BCUT2D eigenvalue weighted by atomic mass is 10.3. The van der Waals surface area contributed by atoms with Crippen LogP contribution in [-0.2, 0) is 21.2 Å². The number of carboxylic acid groups (broad SMARTS) is 1. The smallest absolute Gasteiger partial charge is 0.308 e. The van der Waals surface area contributed by atoms with Crippen molar-refractivity contribution < 1.29 is 18.3 Å². The molecule has 1 aromatic heterocycles. The van der Waals surface area contributed by atoms with Crippen LogP contribution in [0.4, 0.5) is 0 Å². The second-order valence-electron chi connectivity index (χ2n) is 4.39. The van der Waals surface area contributed by atoms with Crippen molar-refractivity contribution in [3.8, 4) is 0 Å². The van der Waals surface area contributed by atoms with E-state index in [0.717, 1.165) is 37.0 Å². The number of hydrogen-bond donors (Lipinski definition) is 2. The predicted molar refractivity (Wildman–Crippen MR) is 68.2 cm³/mol. The fourth-order valence-corrected chi connectivity index (χ4v) is 4.74. The largest absolute Gasteiger partial charge is 0.481 e. The third-order valence-corrected chi connectivity index (χ3v) is 6.00. The molecular formula is C11H15NO4S2. The second kappa shape index (κ2) is 5.38. The van der Waals surface area contributed by atoms with Gasteiger partial charge < -0.3 is 5.11 Å². The fourth-order valence-electron chi connectivity index (χ4n) is 2.07. The fraction of sp³-hybridized carbons (Fsp3) is 0.545. The molecule has 0 aliphatic heterocycles. The van der Waals surface area contributed by atoms with Gasteiger partial charge in [0.05, 0.1) is 6.42 Å². The van der Waals surface area contributed by atoms with Gasteiger partial charge in [-0.25, -0.2) is 13.1 Å². The molecule has 7 heteroatoms. The molecule has 0 radical (unpaired) electrons. The molecule has 0 amide bonds. The van der Waals surface area contributed by atoms with E-state index in [2.05, 4.69) is 4.72 Å². The first-order valence-corrected chi connectivity index (χ1v) is 8.10. The zero-order chi connectivity index (χ0) is 13.2. The minimum atomic E-state index is -3.48. The molecule has 0 bridgehead atoms. The number of rotatable bonds is 5. The van der Waals surface area contributed by atoms with E-state index in [1.165, 1.54) is 6.07 Å². The van der Waals surface area contributed by atoms with E-state index in [0.29, 0.717) is 4.88 Å². The third-order valence-electron chi connectivity index (χ3n) is 2.90. The minimum absolute atomic E-state index is 0.0278. The Labute approximate surface area is 110 Å². The van der Waals surface area contributed by atoms with Crippen LogP contribution in [-0.4, -0.2) is 25.5 Å². The van der Waals surface area contributed by atoms with Crippen LogP contribution < -0.4 is 4.72 Å². The molecule has 0 unspecified atom stereocenters. The highest BCUT2D eigenvalue weighted by Gasteiger charge is 2.24. The summed E-state index contributed by atoms with van der Waals surface area (Å²) < 4.78 is 27.0. The van der Waals surface area contributed by atoms with Crippen LogP contribution in [0.1, 0.15) is 30.6 Å². The summed E-state index contributed by atoms with van der Waals surface area (Å²) in [5, 5.41) is 8.65. The first-order chi connectivity index (χ1) is 8.47. The van der Waals surface area contributed by atoms with Crippen LogP contribution >= 0.6 is 11.3 Å². The summed E-state index contributed by atoms with van der Waals surface area (Å²) >= 11 is 1.02. The number of carbonyl (C=O) groups is 1. The van der Waals surface area contributed by atoms with Crippen LogP contribution in [0.15, 0.2) is 16.3 Å². The Balaban J connectivity index is 2.09. The second-order valence-corrected chi connectivity index (χ2v) is 7.50. The van der Waals surface area contributed by atoms with Gasteiger partial charge in [0.15, 0.2) is 0 Å². The van der Waals surface area contributed by atoms with Gasteiger partial charge in [0.25, 0.3) is 0 Å². The van der Waals surface area contributed by atoms with Crippen LogP contribution in [0.3, 0.4) is 0 Å². The van der Waals surface area contributed by atoms with Gasteiger partial charge in [0.1, 0.15) is 4.21 Å². The van der Waals surface area contributed by atoms with Crippen molar-refractivity contribution in [3.05, 3.63) is 17.0 Å². The lowest BCUT2D eigenvalue weighted by molar-refractivity contribution is -0.136. The SMILES string of the molecule is O=C(O)Cc1ccc(S(=O)(=O)NC2CCCC2)s1. The van der Waals surface area contributed by atoms with Crippen molar-refractivity contribution in [2.45, 2.75) is 42.4 Å². The molecule has 5 nitrogen and oxygen atoms in total. The number of nitrogens with one attached hydrogen (secondary N) is 1. The Morgan fingerprint density at radius 3 is 2.67 bits per heavy atom. The van der Waals surface area contributed by atoms with Crippen molar-refractivity contribution in [1.82, 2.24) is 4.72 Å². The van der Waals surface area contributed by atoms with Gasteiger partial charge in [-0.1, -0.05) is 12.8 Å². The van der Waals surface area contributed by atoms with Gasteiger partial charge >= 0.3 is 5.97 Å². The van der Waals surface area contributed by atoms with Crippen molar-refractivity contribution in [1.29, 1.82) is 0 Å². The number of thiophene rings is 1. The monoisotopic (exact) mass is 289 g/mol. The van der Waals surface area contributed by atoms with E-state index < -0.39 is 16.0 Å². The first-order valence-electron chi connectivity index (χ1n) is 5.80. The molecular weight excluding hydrogens is 274 g/mol. The maximum absolute atomic E-state index is 12.0. The molecule has 2 N–H and O–H groups in total. The highest BCUT2D eigenvalue weighted by Crippen LogP contribution is 2.25. The molecule has 2 rings (SSSR count). The molecule has 1 heterocycles. The van der Waals surface area contributed by atoms with E-state index in [1.54, 1.807) is 6.07 Å². The third kappa shape index (κ3) is 3.30. The van der Waals surface area contributed by atoms with Crippen molar-refractivity contribution in [3.63, 3.8) is 0 Å². The average Bonchev–Trinajstić information content (AvgIpc) is 2.87. The van der Waals surface area contributed by atoms with Crippen LogP contribution in [0.25, 0.3) is 0 Å². The number of hydrogen-bond acceptors (Lipinski definition) is 4. The lowest BCUT2D eigenvalue weighted by Gasteiger charge is -2.10. The lowest BCUT2D eigenvalue weighted by Crippen LogP contribution is -2.32. The molecule has 100 valence electrons. The van der Waals surface area contributed by atoms with Crippen molar-refractivity contribution in [2.75, 3.05) is 0 Å². The minimum Gasteiger partial charge on any atom is -0.481 e. The average molecular weight is 289 g/mol. The van der Waals surface area contributed by atoms with Gasteiger partial charge in [-0.2, -0.15) is 0 Å². The Kier molecular flexibility index (Phi) is 4.04. The standard InChI is InChI=1S/C11H15NO4S2/c13-10(14)7-9-5-6-11(17-9)18(15,16)12-8-3-1-2-4-8/h5-6,8,12H,1-4,7H2,(H,13,14). The zero-order valence-corrected chi connectivity index (χ0v) is 11.4. The Hall–Kier alpha value is -0.920. The predicted octanol–water partition coefficient (Wildman–Crippen LogP) is 1.60. The Bertz CT molecular complexity index is 529. The van der Waals surface area contributed by atoms with Gasteiger partial charge in [-0.05, 0) is 25.0 Å². The molecule has 1 aliphatic carbocycles. The van der Waals surface area contributed by atoms with E-state index in [1.807, 2.05) is 0 Å². The molecule has 18 heavy (non-hydrogen) atoms. The van der Waals surface area contributed by atoms with E-state index in [9.17, 15) is 13.2 Å². The molecule has 0 spiro atoms. The maximum Gasteiger partial charge on any atom is 0.308 e. The highest BCUT2D eigenvalue weighted by atomic mass is 32.2. The van der Waals surface area contributed by atoms with Gasteiger partial charge in [-0.3, -0.25) is 4.79 Å². The topological polar surface area (TPSA) is 83.5 Å². The molecule has 1 aliphatic rings. The summed E-state index contributed by atoms with van der Waals surface area (Å²) in [6, 6.07) is 3.06. The number of sulfonamides is 1. The van der Waals surface area contributed by atoms with Gasteiger partial charge in [0.2, 0.25) is 10.0 Å². The number of aliphatic carboxylic acids is 1. The normalized spacial score (nSPS) is 17.1. The van der Waals surface area contributed by atoms with Gasteiger partial charge in [0, 0.05) is 10.9 Å². The highest BCUT2D eigenvalue weighted by molar-refractivity contribution is 7.91. The molecule has 1 aromatic rings. The Morgan fingerprint density at radius 1 is 1.39 bits per heavy atom. The van der Waals surface area contributed by atoms with Crippen molar-refractivity contribution in [2.24, 2.45) is 0 Å². The van der Waals surface area contributed by atoms with Crippen LogP contribution in [0, 0.1) is 0 Å². The molecule has 0 atom stereocenters. The van der Waals surface area contributed by atoms with E-state index in [4.69, 9.17) is 5.11 Å². The quantitative estimate of drug-likeness (QED) is 0.862. The van der Waals surface area contributed by atoms with Crippen molar-refractivity contribution >= 4 is 27.3 Å². The zero-order valence-electron chi connectivity index (χ0n) is 9.76. The first kappa shape index (κ1) is 13.5. The summed E-state index contributed by atoms with van der Waals surface area (Å²) in [6.07, 6.45) is 3.74. The summed E-state index contributed by atoms with van der Waals surface area (Å²) in [5.74, 6) is -0.954. The van der Waals surface area contributed by atoms with Crippen LogP contribution in [0.5, 0.6) is 0 Å². The molecule has 1 fully saturated rings. The Morgan fingerprint density at radius 2 is 2.06 bits per heavy atom. The summed E-state index contributed by atoms with van der Waals surface area (Å²) in [4.78, 5) is 11.1. The summed E-state index contributed by atoms with van der Waals surface area (Å²) in [5.41, 5.74) is 0. The summed E-state index contributed by atoms with van der Waals surface area (Å²) in [7, 11) is -3.48. The molecule has 1 saturated carbocycles.